The number of likely N-dealkylation sites (tertiary alicyclic amines) is 1. The minimum absolute atomic E-state index is 0.187. The van der Waals surface area contributed by atoms with E-state index in [2.05, 4.69) is 38.5 Å². The fraction of sp³-hybridized carbons (Fsp3) is 0.231. The second kappa shape index (κ2) is 8.93. The molecular weight excluding hydrogens is 500 g/mol. The highest BCUT2D eigenvalue weighted by molar-refractivity contribution is 9.10. The van der Waals surface area contributed by atoms with E-state index in [9.17, 15) is 5.11 Å². The van der Waals surface area contributed by atoms with Crippen molar-refractivity contribution < 1.29 is 9.70 Å². The molecule has 2 aliphatic rings. The summed E-state index contributed by atoms with van der Waals surface area (Å²) in [6, 6.07) is 21.5. The maximum atomic E-state index is 12.8. The van der Waals surface area contributed by atoms with Crippen molar-refractivity contribution in [3.8, 4) is 0 Å². The van der Waals surface area contributed by atoms with Crippen molar-refractivity contribution >= 4 is 56.2 Å². The lowest BCUT2D eigenvalue weighted by atomic mass is 9.87. The number of hydrogen-bond donors (Lipinski definition) is 1. The summed E-state index contributed by atoms with van der Waals surface area (Å²) in [5.41, 5.74) is 5.64. The SMILES string of the molecule is C[N+]1(/N=C(\[O-])c2ccccc2Br)CCC(C2=Nc3cc(Cl)ccc3Nc3ccccc32)CC1. The largest absolute Gasteiger partial charge is 0.855 e. The van der Waals surface area contributed by atoms with Crippen LogP contribution in [0.5, 0.6) is 0 Å². The number of quaternary nitrogens is 1. The van der Waals surface area contributed by atoms with E-state index >= 15 is 0 Å². The molecule has 7 heteroatoms. The van der Waals surface area contributed by atoms with Crippen LogP contribution in [-0.2, 0) is 0 Å². The summed E-state index contributed by atoms with van der Waals surface area (Å²) < 4.78 is 1.15. The molecule has 1 saturated heterocycles. The first kappa shape index (κ1) is 22.1. The quantitative estimate of drug-likeness (QED) is 0.266. The van der Waals surface area contributed by atoms with Gasteiger partial charge >= 0.3 is 0 Å². The van der Waals surface area contributed by atoms with Gasteiger partial charge in [-0.15, -0.1) is 0 Å². The first-order valence-electron chi connectivity index (χ1n) is 11.0. The molecule has 3 aromatic carbocycles. The van der Waals surface area contributed by atoms with E-state index in [4.69, 9.17) is 16.6 Å². The summed E-state index contributed by atoms with van der Waals surface area (Å²) in [6.07, 6.45) is 1.79. The minimum Gasteiger partial charge on any atom is -0.855 e. The van der Waals surface area contributed by atoms with Gasteiger partial charge in [0.2, 0.25) is 0 Å². The van der Waals surface area contributed by atoms with Gasteiger partial charge in [-0.3, -0.25) is 4.99 Å². The van der Waals surface area contributed by atoms with E-state index in [1.165, 1.54) is 0 Å². The normalized spacial score (nSPS) is 22.5. The number of nitrogens with one attached hydrogen (secondary N) is 1. The van der Waals surface area contributed by atoms with Gasteiger partial charge in [-0.1, -0.05) is 69.0 Å². The molecule has 33 heavy (non-hydrogen) atoms. The second-order valence-electron chi connectivity index (χ2n) is 8.77. The highest BCUT2D eigenvalue weighted by Gasteiger charge is 2.34. The number of hydrogen-bond acceptors (Lipinski definition) is 4. The molecule has 0 aromatic heterocycles. The number of piperidine rings is 1. The lowest BCUT2D eigenvalue weighted by Gasteiger charge is -2.37. The third kappa shape index (κ3) is 4.56. The molecule has 0 atom stereocenters. The minimum atomic E-state index is -0.187. The maximum absolute atomic E-state index is 12.8. The van der Waals surface area contributed by atoms with Crippen LogP contribution in [-0.4, -0.2) is 36.3 Å². The number of para-hydroxylation sites is 1. The number of nitrogens with zero attached hydrogens (tertiary/aromatic N) is 3. The Kier molecular flexibility index (Phi) is 5.99. The number of rotatable bonds is 3. The Morgan fingerprint density at radius 2 is 1.79 bits per heavy atom. The van der Waals surface area contributed by atoms with E-state index in [1.807, 2.05) is 61.6 Å². The van der Waals surface area contributed by atoms with Crippen LogP contribution in [0.15, 0.2) is 81.3 Å². The predicted molar refractivity (Wildman–Crippen MR) is 137 cm³/mol. The van der Waals surface area contributed by atoms with Crippen molar-refractivity contribution in [2.75, 3.05) is 25.5 Å². The number of fused-ring (bicyclic) bond motifs is 2. The standard InChI is InChI=1S/C26H24BrClN4O/c1-32(31-26(33)19-6-2-4-8-21(19)27)14-12-17(13-15-32)25-20-7-3-5-9-22(20)29-23-11-10-18(28)16-24(23)30-25/h2-11,16-17H,12-15H2,1H3,(H-,29,30,31,33). The molecule has 3 aromatic rings. The Morgan fingerprint density at radius 3 is 2.58 bits per heavy atom. The van der Waals surface area contributed by atoms with Crippen LogP contribution in [0.2, 0.25) is 5.02 Å². The van der Waals surface area contributed by atoms with Crippen LogP contribution in [0, 0.1) is 5.92 Å². The molecular formula is C26H24BrClN4O. The molecule has 0 amide bonds. The van der Waals surface area contributed by atoms with E-state index in [-0.39, 0.29) is 11.8 Å². The molecule has 0 radical (unpaired) electrons. The van der Waals surface area contributed by atoms with Gasteiger partial charge in [-0.25, -0.2) is 4.59 Å². The Balaban J connectivity index is 1.43. The van der Waals surface area contributed by atoms with Gasteiger partial charge in [0.15, 0.2) is 0 Å². The van der Waals surface area contributed by atoms with Gasteiger partial charge in [-0.05, 0) is 30.3 Å². The van der Waals surface area contributed by atoms with Crippen LogP contribution < -0.4 is 10.4 Å². The molecule has 2 heterocycles. The van der Waals surface area contributed by atoms with Gasteiger partial charge in [0.1, 0.15) is 13.1 Å². The average Bonchev–Trinajstić information content (AvgIpc) is 2.96. The molecule has 0 unspecified atom stereocenters. The van der Waals surface area contributed by atoms with Crippen LogP contribution in [0.25, 0.3) is 0 Å². The van der Waals surface area contributed by atoms with Crippen LogP contribution >= 0.6 is 27.5 Å². The van der Waals surface area contributed by atoms with E-state index in [0.29, 0.717) is 15.2 Å². The number of halogens is 2. The third-order valence-corrected chi connectivity index (χ3v) is 7.34. The van der Waals surface area contributed by atoms with Crippen molar-refractivity contribution in [2.24, 2.45) is 16.0 Å². The highest BCUT2D eigenvalue weighted by Crippen LogP contribution is 2.39. The van der Waals surface area contributed by atoms with Crippen LogP contribution in [0.3, 0.4) is 0 Å². The molecule has 5 rings (SSSR count). The van der Waals surface area contributed by atoms with Crippen molar-refractivity contribution in [3.63, 3.8) is 0 Å². The van der Waals surface area contributed by atoms with Crippen molar-refractivity contribution in [3.05, 3.63) is 87.4 Å². The smallest absolute Gasteiger partial charge is 0.104 e. The Morgan fingerprint density at radius 1 is 1.06 bits per heavy atom. The molecule has 1 fully saturated rings. The average molecular weight is 524 g/mol. The predicted octanol–water partition coefficient (Wildman–Crippen LogP) is 5.86. The van der Waals surface area contributed by atoms with Crippen molar-refractivity contribution in [2.45, 2.75) is 12.8 Å². The topological polar surface area (TPSA) is 59.8 Å². The van der Waals surface area contributed by atoms with Gasteiger partial charge < -0.3 is 10.4 Å². The first-order chi connectivity index (χ1) is 15.9. The summed E-state index contributed by atoms with van der Waals surface area (Å²) in [5, 5.41) is 21.6. The summed E-state index contributed by atoms with van der Waals surface area (Å²) >= 11 is 9.74. The molecule has 1 N–H and O–H groups in total. The summed E-state index contributed by atoms with van der Waals surface area (Å²) in [4.78, 5) is 5.09. The van der Waals surface area contributed by atoms with E-state index in [0.717, 1.165) is 58.7 Å². The van der Waals surface area contributed by atoms with Gasteiger partial charge in [-0.2, -0.15) is 0 Å². The Bertz CT molecular complexity index is 1260. The summed E-state index contributed by atoms with van der Waals surface area (Å²) in [6.45, 7) is 1.55. The van der Waals surface area contributed by atoms with Gasteiger partial charge in [0, 0.05) is 45.1 Å². The summed E-state index contributed by atoms with van der Waals surface area (Å²) in [5.74, 6) is 0.0891. The Hall–Kier alpha value is -2.67. The van der Waals surface area contributed by atoms with Crippen molar-refractivity contribution in [1.82, 2.24) is 0 Å². The molecule has 5 nitrogen and oxygen atoms in total. The zero-order valence-electron chi connectivity index (χ0n) is 18.3. The van der Waals surface area contributed by atoms with Gasteiger partial charge in [0.05, 0.1) is 30.0 Å². The number of anilines is 2. The molecule has 0 saturated carbocycles. The lowest BCUT2D eigenvalue weighted by Crippen LogP contribution is -2.48. The molecule has 2 aliphatic heterocycles. The van der Waals surface area contributed by atoms with Gasteiger partial charge in [0.25, 0.3) is 0 Å². The maximum Gasteiger partial charge on any atom is 0.104 e. The fourth-order valence-electron chi connectivity index (χ4n) is 4.57. The lowest BCUT2D eigenvalue weighted by molar-refractivity contribution is -0.922. The highest BCUT2D eigenvalue weighted by atomic mass is 79.9. The van der Waals surface area contributed by atoms with E-state index in [1.54, 1.807) is 0 Å². The van der Waals surface area contributed by atoms with Crippen LogP contribution in [0.1, 0.15) is 24.0 Å². The fourth-order valence-corrected chi connectivity index (χ4v) is 5.19. The van der Waals surface area contributed by atoms with Crippen molar-refractivity contribution in [1.29, 1.82) is 0 Å². The molecule has 168 valence electrons. The first-order valence-corrected chi connectivity index (χ1v) is 12.2. The second-order valence-corrected chi connectivity index (χ2v) is 10.1. The molecule has 0 aliphatic carbocycles. The number of aliphatic imine (C=N–C) groups is 1. The Labute approximate surface area is 207 Å². The van der Waals surface area contributed by atoms with Crippen LogP contribution in [0.4, 0.5) is 17.1 Å². The molecule has 0 spiro atoms. The van der Waals surface area contributed by atoms with E-state index < -0.39 is 0 Å². The zero-order chi connectivity index (χ0) is 23.0. The molecule has 0 bridgehead atoms. The number of benzene rings is 3. The zero-order valence-corrected chi connectivity index (χ0v) is 20.6. The summed E-state index contributed by atoms with van der Waals surface area (Å²) in [7, 11) is 2.03. The third-order valence-electron chi connectivity index (χ3n) is 6.41. The monoisotopic (exact) mass is 522 g/mol.